The Balaban J connectivity index is 1.35. The van der Waals surface area contributed by atoms with Gasteiger partial charge >= 0.3 is 6.03 Å². The van der Waals surface area contributed by atoms with E-state index in [1.807, 2.05) is 4.90 Å². The van der Waals surface area contributed by atoms with Crippen LogP contribution in [0.4, 0.5) is 10.5 Å². The smallest absolute Gasteiger partial charge is 0.321 e. The highest BCUT2D eigenvalue weighted by atomic mass is 35.5. The largest absolute Gasteiger partial charge is 0.340 e. The minimum Gasteiger partial charge on any atom is -0.340 e. The van der Waals surface area contributed by atoms with Gasteiger partial charge in [-0.3, -0.25) is 4.79 Å². The monoisotopic (exact) mass is 390 g/mol. The summed E-state index contributed by atoms with van der Waals surface area (Å²) >= 11 is 5.89. The van der Waals surface area contributed by atoms with Gasteiger partial charge in [-0.05, 0) is 63.0 Å². The van der Waals surface area contributed by atoms with Crippen LogP contribution < -0.4 is 5.32 Å². The first kappa shape index (κ1) is 18.6. The molecule has 2 bridgehead atoms. The number of benzene rings is 1. The minimum absolute atomic E-state index is 0.116. The van der Waals surface area contributed by atoms with Gasteiger partial charge in [-0.1, -0.05) is 11.6 Å². The lowest BCUT2D eigenvalue weighted by Crippen LogP contribution is -2.49. The van der Waals surface area contributed by atoms with Crippen molar-refractivity contribution in [3.05, 3.63) is 29.3 Å². The fraction of sp³-hybridized carbons (Fsp3) is 0.600. The molecule has 0 aromatic heterocycles. The molecule has 3 aliphatic heterocycles. The Kier molecular flexibility index (Phi) is 5.28. The van der Waals surface area contributed by atoms with Gasteiger partial charge in [0, 0.05) is 43.4 Å². The van der Waals surface area contributed by atoms with E-state index in [1.165, 1.54) is 0 Å². The Hall–Kier alpha value is -1.79. The predicted molar refractivity (Wildman–Crippen MR) is 106 cm³/mol. The molecule has 2 atom stereocenters. The summed E-state index contributed by atoms with van der Waals surface area (Å²) in [5.41, 5.74) is 0.563. The van der Waals surface area contributed by atoms with Crippen LogP contribution in [0.25, 0.3) is 0 Å². The van der Waals surface area contributed by atoms with E-state index in [0.29, 0.717) is 30.6 Å². The summed E-state index contributed by atoms with van der Waals surface area (Å²) in [7, 11) is 0. The normalized spacial score (nSPS) is 28.0. The van der Waals surface area contributed by atoms with Crippen molar-refractivity contribution in [2.24, 2.45) is 5.41 Å². The van der Waals surface area contributed by atoms with Crippen molar-refractivity contribution in [1.82, 2.24) is 14.7 Å². The second-order valence-electron chi connectivity index (χ2n) is 7.98. The Bertz CT molecular complexity index is 706. The van der Waals surface area contributed by atoms with E-state index >= 15 is 0 Å². The maximum Gasteiger partial charge on any atom is 0.321 e. The predicted octanol–water partition coefficient (Wildman–Crippen LogP) is 2.89. The molecule has 3 amide bonds. The van der Waals surface area contributed by atoms with Crippen LogP contribution in [-0.2, 0) is 4.79 Å². The van der Waals surface area contributed by atoms with Gasteiger partial charge in [-0.2, -0.15) is 0 Å². The van der Waals surface area contributed by atoms with Gasteiger partial charge in [-0.25, -0.2) is 4.79 Å². The molecule has 3 heterocycles. The average Bonchev–Trinajstić information content (AvgIpc) is 2.86. The third-order valence-electron chi connectivity index (χ3n) is 6.18. The number of nitrogens with one attached hydrogen (secondary N) is 1. The summed E-state index contributed by atoms with van der Waals surface area (Å²) in [6.07, 6.45) is 3.94. The number of piperidine rings is 1. The number of fused-ring (bicyclic) bond motifs is 2. The zero-order valence-corrected chi connectivity index (χ0v) is 16.4. The Morgan fingerprint density at radius 3 is 2.44 bits per heavy atom. The van der Waals surface area contributed by atoms with E-state index in [4.69, 9.17) is 11.6 Å². The van der Waals surface area contributed by atoms with Gasteiger partial charge in [0.2, 0.25) is 5.91 Å². The van der Waals surface area contributed by atoms with Crippen LogP contribution in [0.15, 0.2) is 24.3 Å². The molecule has 27 heavy (non-hydrogen) atoms. The highest BCUT2D eigenvalue weighted by Crippen LogP contribution is 2.41. The van der Waals surface area contributed by atoms with Crippen LogP contribution >= 0.6 is 11.6 Å². The van der Waals surface area contributed by atoms with E-state index in [-0.39, 0.29) is 11.4 Å². The molecule has 3 aliphatic rings. The first-order valence-corrected chi connectivity index (χ1v) is 10.3. The molecule has 3 saturated heterocycles. The Morgan fingerprint density at radius 2 is 1.63 bits per heavy atom. The van der Waals surface area contributed by atoms with Crippen molar-refractivity contribution < 1.29 is 9.59 Å². The van der Waals surface area contributed by atoms with Gasteiger partial charge in [0.05, 0.1) is 5.41 Å². The van der Waals surface area contributed by atoms with Gasteiger partial charge in [0.25, 0.3) is 0 Å². The lowest BCUT2D eigenvalue weighted by atomic mass is 9.79. The van der Waals surface area contributed by atoms with Crippen molar-refractivity contribution in [2.75, 3.05) is 51.1 Å². The van der Waals surface area contributed by atoms with Crippen LogP contribution in [0.2, 0.25) is 5.02 Å². The van der Waals surface area contributed by atoms with Crippen LogP contribution in [0.1, 0.15) is 25.7 Å². The lowest BCUT2D eigenvalue weighted by Gasteiger charge is -2.36. The average molecular weight is 391 g/mol. The molecule has 1 N–H and O–H groups in total. The summed E-state index contributed by atoms with van der Waals surface area (Å²) in [4.78, 5) is 32.1. The number of halogens is 1. The number of carbonyl (C=O) groups is 2. The molecule has 1 aromatic rings. The van der Waals surface area contributed by atoms with Crippen LogP contribution in [-0.4, -0.2) is 72.5 Å². The highest BCUT2D eigenvalue weighted by Gasteiger charge is 2.48. The fourth-order valence-electron chi connectivity index (χ4n) is 4.67. The standard InChI is InChI=1S/C20H27ClN4O2/c21-16-3-5-17(6-4-16)22-19(27)25-11-2-10-24(13-14-25)18(26)20-7-1-9-23(15-20)12-8-20/h3-6H,1-2,7-15H2,(H,22,27). The molecule has 0 saturated carbocycles. The van der Waals surface area contributed by atoms with Crippen LogP contribution in [0, 0.1) is 5.41 Å². The molecular weight excluding hydrogens is 364 g/mol. The van der Waals surface area contributed by atoms with Gasteiger partial charge in [-0.15, -0.1) is 0 Å². The molecule has 6 nitrogen and oxygen atoms in total. The minimum atomic E-state index is -0.168. The number of carbonyl (C=O) groups excluding carboxylic acids is 2. The van der Waals surface area contributed by atoms with Gasteiger partial charge < -0.3 is 20.0 Å². The number of anilines is 1. The molecule has 146 valence electrons. The third kappa shape index (κ3) is 3.92. The Labute approximate surface area is 165 Å². The topological polar surface area (TPSA) is 55.9 Å². The zero-order chi connectivity index (χ0) is 18.9. The SMILES string of the molecule is O=C(Nc1ccc(Cl)cc1)N1CCCN(C(=O)C23CCCN(CC2)C3)CC1. The molecule has 7 heteroatoms. The molecule has 0 spiro atoms. The summed E-state index contributed by atoms with van der Waals surface area (Å²) in [6.45, 7) is 5.71. The molecular formula is C20H27ClN4O2. The first-order chi connectivity index (χ1) is 13.1. The maximum absolute atomic E-state index is 13.3. The number of amides is 3. The molecule has 0 aliphatic carbocycles. The summed E-state index contributed by atoms with van der Waals surface area (Å²) < 4.78 is 0. The fourth-order valence-corrected chi connectivity index (χ4v) is 4.80. The maximum atomic E-state index is 13.3. The summed E-state index contributed by atoms with van der Waals surface area (Å²) in [6, 6.07) is 6.99. The second kappa shape index (κ2) is 7.68. The molecule has 1 aromatic carbocycles. The zero-order valence-electron chi connectivity index (χ0n) is 15.6. The van der Waals surface area contributed by atoms with Gasteiger partial charge in [0.15, 0.2) is 0 Å². The van der Waals surface area contributed by atoms with Crippen molar-refractivity contribution in [3.8, 4) is 0 Å². The molecule has 0 radical (unpaired) electrons. The van der Waals surface area contributed by atoms with E-state index in [2.05, 4.69) is 10.2 Å². The number of nitrogens with zero attached hydrogens (tertiary/aromatic N) is 3. The second-order valence-corrected chi connectivity index (χ2v) is 8.42. The summed E-state index contributed by atoms with van der Waals surface area (Å²) in [5.74, 6) is 0.310. The van der Waals surface area contributed by atoms with Crippen LogP contribution in [0.5, 0.6) is 0 Å². The van der Waals surface area contributed by atoms with Crippen molar-refractivity contribution in [1.29, 1.82) is 0 Å². The lowest BCUT2D eigenvalue weighted by molar-refractivity contribution is -0.142. The Morgan fingerprint density at radius 1 is 0.889 bits per heavy atom. The number of urea groups is 1. The number of rotatable bonds is 2. The molecule has 4 rings (SSSR count). The summed E-state index contributed by atoms with van der Waals surface area (Å²) in [5, 5.41) is 3.56. The van der Waals surface area contributed by atoms with E-state index in [9.17, 15) is 9.59 Å². The van der Waals surface area contributed by atoms with Gasteiger partial charge in [0.1, 0.15) is 0 Å². The van der Waals surface area contributed by atoms with Crippen LogP contribution in [0.3, 0.4) is 0 Å². The first-order valence-electron chi connectivity index (χ1n) is 9.89. The van der Waals surface area contributed by atoms with Crippen molar-refractivity contribution in [2.45, 2.75) is 25.7 Å². The van der Waals surface area contributed by atoms with E-state index in [1.54, 1.807) is 29.2 Å². The number of hydrogen-bond acceptors (Lipinski definition) is 3. The van der Waals surface area contributed by atoms with E-state index < -0.39 is 0 Å². The quantitative estimate of drug-likeness (QED) is 0.844. The molecule has 3 fully saturated rings. The molecule has 2 unspecified atom stereocenters. The number of hydrogen-bond donors (Lipinski definition) is 1. The third-order valence-corrected chi connectivity index (χ3v) is 6.43. The van der Waals surface area contributed by atoms with E-state index in [0.717, 1.165) is 57.5 Å². The van der Waals surface area contributed by atoms with Crippen molar-refractivity contribution >= 4 is 29.2 Å². The van der Waals surface area contributed by atoms with Crippen molar-refractivity contribution in [3.63, 3.8) is 0 Å². The highest BCUT2D eigenvalue weighted by molar-refractivity contribution is 6.30.